The number of nitrogens with two attached hydrogens (primary N) is 1. The van der Waals surface area contributed by atoms with Crippen LogP contribution in [0, 0.1) is 0 Å². The predicted octanol–water partition coefficient (Wildman–Crippen LogP) is 0.867. The lowest BCUT2D eigenvalue weighted by Gasteiger charge is -2.24. The van der Waals surface area contributed by atoms with Crippen LogP contribution in [0.4, 0.5) is 11.8 Å². The molecule has 0 saturated carbocycles. The number of anilines is 2. The van der Waals surface area contributed by atoms with E-state index in [0.29, 0.717) is 5.95 Å². The third-order valence-corrected chi connectivity index (χ3v) is 2.89. The van der Waals surface area contributed by atoms with Crippen molar-refractivity contribution in [2.75, 3.05) is 23.7 Å². The Morgan fingerprint density at radius 2 is 2.25 bits per heavy atom. The Morgan fingerprint density at radius 3 is 3.06 bits per heavy atom. The molecule has 0 aliphatic carbocycles. The smallest absolute Gasteiger partial charge is 0.222 e. The summed E-state index contributed by atoms with van der Waals surface area (Å²) in [5.41, 5.74) is 7.81. The summed E-state index contributed by atoms with van der Waals surface area (Å²) in [6, 6.07) is 0. The number of hydrogen-bond donors (Lipinski definition) is 1. The largest absolute Gasteiger partial charge is 0.368 e. The molecular weight excluding hydrogens is 202 g/mol. The minimum absolute atomic E-state index is 0.345. The average molecular weight is 215 g/mol. The molecule has 5 nitrogen and oxygen atoms in total. The molecule has 2 aliphatic rings. The van der Waals surface area contributed by atoms with Crippen molar-refractivity contribution in [3.63, 3.8) is 0 Å². The van der Waals surface area contributed by atoms with Crippen molar-refractivity contribution in [2.45, 2.75) is 13.3 Å². The second-order valence-corrected chi connectivity index (χ2v) is 3.84. The number of nitrogens with zero attached hydrogens (tertiary/aromatic N) is 4. The number of aryl methyl sites for hydroxylation is 1. The van der Waals surface area contributed by atoms with Crippen LogP contribution < -0.4 is 10.6 Å². The summed E-state index contributed by atoms with van der Waals surface area (Å²) < 4.78 is 0. The van der Waals surface area contributed by atoms with Crippen LogP contribution in [0.3, 0.4) is 0 Å². The lowest BCUT2D eigenvalue weighted by Crippen LogP contribution is -2.30. The number of nitrogen functional groups attached to an aromatic ring is 1. The Kier molecular flexibility index (Phi) is 1.92. The van der Waals surface area contributed by atoms with Crippen molar-refractivity contribution >= 4 is 23.7 Å². The number of aliphatic imine (C=N–C) groups is 1. The SMILES string of the molecule is CCc1nc(N)nc2c1C=CC1=NCCN12. The Bertz CT molecular complexity index is 503. The van der Waals surface area contributed by atoms with Gasteiger partial charge in [0.05, 0.1) is 12.2 Å². The van der Waals surface area contributed by atoms with Crippen molar-refractivity contribution in [3.05, 3.63) is 17.3 Å². The van der Waals surface area contributed by atoms with E-state index in [0.717, 1.165) is 42.4 Å². The molecule has 0 fully saturated rings. The van der Waals surface area contributed by atoms with Crippen LogP contribution in [-0.4, -0.2) is 28.9 Å². The fourth-order valence-electron chi connectivity index (χ4n) is 2.15. The second kappa shape index (κ2) is 3.30. The molecule has 0 aromatic carbocycles. The van der Waals surface area contributed by atoms with Gasteiger partial charge < -0.3 is 10.6 Å². The zero-order chi connectivity index (χ0) is 11.1. The first-order valence-corrected chi connectivity index (χ1v) is 5.46. The van der Waals surface area contributed by atoms with Crippen molar-refractivity contribution in [1.29, 1.82) is 0 Å². The summed E-state index contributed by atoms with van der Waals surface area (Å²) in [5.74, 6) is 2.23. The number of fused-ring (bicyclic) bond motifs is 3. The Hall–Kier alpha value is -1.91. The van der Waals surface area contributed by atoms with Gasteiger partial charge in [0, 0.05) is 12.1 Å². The summed E-state index contributed by atoms with van der Waals surface area (Å²) in [5, 5.41) is 0. The fourth-order valence-corrected chi connectivity index (χ4v) is 2.15. The van der Waals surface area contributed by atoms with Crippen molar-refractivity contribution < 1.29 is 0 Å². The summed E-state index contributed by atoms with van der Waals surface area (Å²) >= 11 is 0. The number of amidine groups is 1. The zero-order valence-electron chi connectivity index (χ0n) is 9.14. The molecule has 0 radical (unpaired) electrons. The molecule has 3 rings (SSSR count). The highest BCUT2D eigenvalue weighted by atomic mass is 15.3. The van der Waals surface area contributed by atoms with Crippen LogP contribution in [0.25, 0.3) is 6.08 Å². The monoisotopic (exact) mass is 215 g/mol. The number of hydrogen-bond acceptors (Lipinski definition) is 5. The van der Waals surface area contributed by atoms with Gasteiger partial charge in [0.2, 0.25) is 5.95 Å². The summed E-state index contributed by atoms with van der Waals surface area (Å²) in [4.78, 5) is 15.1. The van der Waals surface area contributed by atoms with E-state index in [1.165, 1.54) is 0 Å². The predicted molar refractivity (Wildman–Crippen MR) is 64.5 cm³/mol. The molecule has 3 heterocycles. The standard InChI is InChI=1S/C11H13N5/c1-2-8-7-3-4-9-13-5-6-16(9)10(7)15-11(12)14-8/h3-4H,2,5-6H2,1H3,(H2,12,14,15). The fraction of sp³-hybridized carbons (Fsp3) is 0.364. The molecule has 1 aromatic heterocycles. The third kappa shape index (κ3) is 1.21. The molecule has 82 valence electrons. The maximum Gasteiger partial charge on any atom is 0.222 e. The molecule has 2 aliphatic heterocycles. The molecular formula is C11H13N5. The molecule has 5 heteroatoms. The highest BCUT2D eigenvalue weighted by Crippen LogP contribution is 2.29. The van der Waals surface area contributed by atoms with Gasteiger partial charge in [-0.25, -0.2) is 4.98 Å². The van der Waals surface area contributed by atoms with E-state index in [9.17, 15) is 0 Å². The van der Waals surface area contributed by atoms with Crippen LogP contribution in [-0.2, 0) is 6.42 Å². The van der Waals surface area contributed by atoms with Gasteiger partial charge in [-0.3, -0.25) is 4.99 Å². The molecule has 0 bridgehead atoms. The lowest BCUT2D eigenvalue weighted by atomic mass is 10.1. The minimum atomic E-state index is 0.345. The van der Waals surface area contributed by atoms with Crippen LogP contribution in [0.15, 0.2) is 11.1 Å². The summed E-state index contributed by atoms with van der Waals surface area (Å²) in [6.07, 6.45) is 4.92. The van der Waals surface area contributed by atoms with Crippen LogP contribution in [0.1, 0.15) is 18.2 Å². The van der Waals surface area contributed by atoms with Gasteiger partial charge in [0.1, 0.15) is 11.7 Å². The average Bonchev–Trinajstić information content (AvgIpc) is 2.76. The van der Waals surface area contributed by atoms with E-state index in [4.69, 9.17) is 5.73 Å². The number of aromatic nitrogens is 2. The Morgan fingerprint density at radius 1 is 1.38 bits per heavy atom. The molecule has 0 spiro atoms. The van der Waals surface area contributed by atoms with Gasteiger partial charge in [0.15, 0.2) is 0 Å². The molecule has 0 saturated heterocycles. The Labute approximate surface area is 93.7 Å². The third-order valence-electron chi connectivity index (χ3n) is 2.89. The summed E-state index contributed by atoms with van der Waals surface area (Å²) in [7, 11) is 0. The van der Waals surface area contributed by atoms with E-state index in [1.54, 1.807) is 0 Å². The van der Waals surface area contributed by atoms with E-state index in [2.05, 4.69) is 26.8 Å². The van der Waals surface area contributed by atoms with Crippen molar-refractivity contribution in [1.82, 2.24) is 9.97 Å². The Balaban J connectivity index is 2.21. The van der Waals surface area contributed by atoms with Gasteiger partial charge in [-0.1, -0.05) is 6.92 Å². The van der Waals surface area contributed by atoms with Gasteiger partial charge in [-0.15, -0.1) is 0 Å². The first kappa shape index (κ1) is 9.33. The first-order chi connectivity index (χ1) is 7.79. The highest BCUT2D eigenvalue weighted by Gasteiger charge is 2.25. The van der Waals surface area contributed by atoms with Gasteiger partial charge in [-0.2, -0.15) is 4.98 Å². The van der Waals surface area contributed by atoms with E-state index in [1.807, 2.05) is 12.2 Å². The van der Waals surface area contributed by atoms with Gasteiger partial charge >= 0.3 is 0 Å². The van der Waals surface area contributed by atoms with Crippen LogP contribution in [0.2, 0.25) is 0 Å². The van der Waals surface area contributed by atoms with E-state index < -0.39 is 0 Å². The summed E-state index contributed by atoms with van der Waals surface area (Å²) in [6.45, 7) is 3.78. The topological polar surface area (TPSA) is 67.4 Å². The maximum absolute atomic E-state index is 5.73. The zero-order valence-corrected chi connectivity index (χ0v) is 9.14. The molecule has 0 atom stereocenters. The van der Waals surface area contributed by atoms with Gasteiger partial charge in [-0.05, 0) is 18.6 Å². The molecule has 0 unspecified atom stereocenters. The minimum Gasteiger partial charge on any atom is -0.368 e. The number of rotatable bonds is 1. The first-order valence-electron chi connectivity index (χ1n) is 5.46. The van der Waals surface area contributed by atoms with Crippen LogP contribution >= 0.6 is 0 Å². The van der Waals surface area contributed by atoms with Crippen molar-refractivity contribution in [3.8, 4) is 0 Å². The lowest BCUT2D eigenvalue weighted by molar-refractivity contribution is 0.953. The molecule has 0 amide bonds. The van der Waals surface area contributed by atoms with Gasteiger partial charge in [0.25, 0.3) is 0 Å². The maximum atomic E-state index is 5.73. The quantitative estimate of drug-likeness (QED) is 0.754. The van der Waals surface area contributed by atoms with Crippen molar-refractivity contribution in [2.24, 2.45) is 4.99 Å². The second-order valence-electron chi connectivity index (χ2n) is 3.84. The molecule has 2 N–H and O–H groups in total. The molecule has 16 heavy (non-hydrogen) atoms. The van der Waals surface area contributed by atoms with Crippen LogP contribution in [0.5, 0.6) is 0 Å². The highest BCUT2D eigenvalue weighted by molar-refractivity contribution is 6.12. The molecule has 1 aromatic rings. The van der Waals surface area contributed by atoms with E-state index in [-0.39, 0.29) is 0 Å². The van der Waals surface area contributed by atoms with E-state index >= 15 is 0 Å². The normalized spacial score (nSPS) is 17.1.